The number of rotatable bonds is 8. The quantitative estimate of drug-likeness (QED) is 0.570. The molecule has 1 heterocycles. The smallest absolute Gasteiger partial charge is 0.322 e. The Kier molecular flexibility index (Phi) is 5.64. The zero-order chi connectivity index (χ0) is 16.9. The van der Waals surface area contributed by atoms with E-state index in [4.69, 9.17) is 4.74 Å². The Bertz CT molecular complexity index is 554. The Morgan fingerprint density at radius 3 is 2.35 bits per heavy atom. The van der Waals surface area contributed by atoms with Crippen LogP contribution in [0.4, 0.5) is 4.79 Å². The van der Waals surface area contributed by atoms with Crippen LogP contribution in [0.1, 0.15) is 52.0 Å². The third kappa shape index (κ3) is 4.47. The monoisotopic (exact) mass is 318 g/mol. The molecule has 0 aromatic heterocycles. The first-order valence-corrected chi connectivity index (χ1v) is 8.29. The number of ether oxygens (including phenoxy) is 1. The normalized spacial score (nSPS) is 20.5. The summed E-state index contributed by atoms with van der Waals surface area (Å²) in [7, 11) is 0. The summed E-state index contributed by atoms with van der Waals surface area (Å²) in [5, 5.41) is 4.91. The summed E-state index contributed by atoms with van der Waals surface area (Å²) in [5.74, 6) is 1.21. The second kappa shape index (κ2) is 7.49. The van der Waals surface area contributed by atoms with E-state index >= 15 is 0 Å². The number of urea groups is 1. The molecule has 0 spiro atoms. The van der Waals surface area contributed by atoms with Crippen molar-refractivity contribution in [2.75, 3.05) is 6.61 Å². The van der Waals surface area contributed by atoms with Crippen LogP contribution in [0.25, 0.3) is 0 Å². The van der Waals surface area contributed by atoms with Crippen LogP contribution in [0.3, 0.4) is 0 Å². The lowest BCUT2D eigenvalue weighted by molar-refractivity contribution is -0.123. The largest absolute Gasteiger partial charge is 0.494 e. The zero-order valence-corrected chi connectivity index (χ0v) is 14.1. The average Bonchev–Trinajstić information content (AvgIpc) is 2.77. The van der Waals surface area contributed by atoms with Crippen molar-refractivity contribution in [3.8, 4) is 5.75 Å². The zero-order valence-electron chi connectivity index (χ0n) is 14.1. The molecular formula is C18H26N2O3. The fourth-order valence-electron chi connectivity index (χ4n) is 2.65. The van der Waals surface area contributed by atoms with Crippen molar-refractivity contribution in [3.63, 3.8) is 0 Å². The van der Waals surface area contributed by atoms with Gasteiger partial charge in [-0.2, -0.15) is 0 Å². The van der Waals surface area contributed by atoms with Crippen molar-refractivity contribution in [2.45, 2.75) is 52.0 Å². The molecule has 1 fully saturated rings. The minimum Gasteiger partial charge on any atom is -0.494 e. The van der Waals surface area contributed by atoms with E-state index in [1.54, 1.807) is 6.92 Å². The molecule has 0 saturated carbocycles. The Labute approximate surface area is 137 Å². The van der Waals surface area contributed by atoms with Gasteiger partial charge in [0, 0.05) is 0 Å². The van der Waals surface area contributed by atoms with Crippen LogP contribution in [-0.2, 0) is 10.3 Å². The van der Waals surface area contributed by atoms with E-state index in [1.165, 1.54) is 19.3 Å². The summed E-state index contributed by atoms with van der Waals surface area (Å²) in [6, 6.07) is 6.86. The number of carbonyl (C=O) groups excluding carboxylic acids is 2. The highest BCUT2D eigenvalue weighted by atomic mass is 16.5. The van der Waals surface area contributed by atoms with Crippen molar-refractivity contribution in [3.05, 3.63) is 29.8 Å². The lowest BCUT2D eigenvalue weighted by atomic mass is 9.92. The molecule has 1 aliphatic heterocycles. The summed E-state index contributed by atoms with van der Waals surface area (Å²) in [6.07, 6.45) is 4.74. The van der Waals surface area contributed by atoms with Crippen LogP contribution in [0.15, 0.2) is 24.3 Å². The number of unbranched alkanes of at least 4 members (excludes halogenated alkanes) is 2. The molecule has 5 heteroatoms. The summed E-state index contributed by atoms with van der Waals surface area (Å²) in [4.78, 5) is 23.2. The second-order valence-corrected chi connectivity index (χ2v) is 6.65. The molecule has 0 aliphatic carbocycles. The summed E-state index contributed by atoms with van der Waals surface area (Å²) >= 11 is 0. The van der Waals surface area contributed by atoms with Crippen molar-refractivity contribution in [1.82, 2.24) is 10.6 Å². The molecule has 0 radical (unpaired) electrons. The van der Waals surface area contributed by atoms with E-state index in [-0.39, 0.29) is 5.91 Å². The van der Waals surface area contributed by atoms with Crippen LogP contribution in [0.2, 0.25) is 0 Å². The summed E-state index contributed by atoms with van der Waals surface area (Å²) in [6.45, 7) is 6.88. The topological polar surface area (TPSA) is 67.4 Å². The summed E-state index contributed by atoms with van der Waals surface area (Å²) < 4.78 is 5.72. The Morgan fingerprint density at radius 1 is 1.09 bits per heavy atom. The molecule has 2 rings (SSSR count). The fourth-order valence-corrected chi connectivity index (χ4v) is 2.65. The van der Waals surface area contributed by atoms with Crippen LogP contribution in [-0.4, -0.2) is 18.5 Å². The molecule has 5 nitrogen and oxygen atoms in total. The first-order valence-electron chi connectivity index (χ1n) is 8.29. The number of hydrogen-bond acceptors (Lipinski definition) is 3. The van der Waals surface area contributed by atoms with Crippen molar-refractivity contribution < 1.29 is 14.3 Å². The van der Waals surface area contributed by atoms with Gasteiger partial charge < -0.3 is 10.1 Å². The van der Waals surface area contributed by atoms with E-state index in [9.17, 15) is 9.59 Å². The first kappa shape index (κ1) is 17.3. The highest BCUT2D eigenvalue weighted by molar-refractivity contribution is 6.07. The van der Waals surface area contributed by atoms with Gasteiger partial charge in [-0.15, -0.1) is 0 Å². The lowest BCUT2D eigenvalue weighted by Gasteiger charge is -2.21. The lowest BCUT2D eigenvalue weighted by Crippen LogP contribution is -2.40. The molecule has 1 unspecified atom stereocenters. The van der Waals surface area contributed by atoms with Gasteiger partial charge in [0.1, 0.15) is 11.3 Å². The molecule has 1 aromatic rings. The highest BCUT2D eigenvalue weighted by Gasteiger charge is 2.43. The van der Waals surface area contributed by atoms with Gasteiger partial charge in [0.25, 0.3) is 5.91 Å². The predicted octanol–water partition coefficient (Wildman–Crippen LogP) is 3.34. The van der Waals surface area contributed by atoms with Gasteiger partial charge in [-0.1, -0.05) is 45.2 Å². The summed E-state index contributed by atoms with van der Waals surface area (Å²) in [5.41, 5.74) is -0.267. The molecule has 1 aliphatic rings. The van der Waals surface area contributed by atoms with Gasteiger partial charge in [0.2, 0.25) is 0 Å². The molecule has 1 saturated heterocycles. The van der Waals surface area contributed by atoms with E-state index in [2.05, 4.69) is 24.5 Å². The SMILES string of the molecule is CC(C)CCCCCOc1ccc(C2(C)NC(=O)NC2=O)cc1. The molecule has 3 amide bonds. The van der Waals surface area contributed by atoms with E-state index in [0.29, 0.717) is 6.61 Å². The van der Waals surface area contributed by atoms with Gasteiger partial charge >= 0.3 is 6.03 Å². The minimum absolute atomic E-state index is 0.332. The van der Waals surface area contributed by atoms with Crippen LogP contribution < -0.4 is 15.4 Å². The first-order chi connectivity index (χ1) is 10.9. The Balaban J connectivity index is 1.81. The van der Waals surface area contributed by atoms with Gasteiger partial charge in [-0.3, -0.25) is 10.1 Å². The molecule has 0 bridgehead atoms. The van der Waals surface area contributed by atoms with E-state index in [0.717, 1.165) is 23.7 Å². The van der Waals surface area contributed by atoms with Crippen molar-refractivity contribution in [2.24, 2.45) is 5.92 Å². The van der Waals surface area contributed by atoms with Crippen molar-refractivity contribution >= 4 is 11.9 Å². The number of amides is 3. The number of benzene rings is 1. The molecule has 2 N–H and O–H groups in total. The fraction of sp³-hybridized carbons (Fsp3) is 0.556. The van der Waals surface area contributed by atoms with Gasteiger partial charge in [-0.25, -0.2) is 4.79 Å². The third-order valence-electron chi connectivity index (χ3n) is 4.17. The van der Waals surface area contributed by atoms with Gasteiger partial charge in [0.15, 0.2) is 0 Å². The molecule has 23 heavy (non-hydrogen) atoms. The van der Waals surface area contributed by atoms with Crippen LogP contribution >= 0.6 is 0 Å². The average molecular weight is 318 g/mol. The number of hydrogen-bond donors (Lipinski definition) is 2. The van der Waals surface area contributed by atoms with Crippen LogP contribution in [0, 0.1) is 5.92 Å². The van der Waals surface area contributed by atoms with E-state index in [1.807, 2.05) is 24.3 Å². The molecule has 1 aromatic carbocycles. The number of imide groups is 1. The molecule has 126 valence electrons. The van der Waals surface area contributed by atoms with E-state index < -0.39 is 11.6 Å². The molecular weight excluding hydrogens is 292 g/mol. The van der Waals surface area contributed by atoms with Crippen LogP contribution in [0.5, 0.6) is 5.75 Å². The van der Waals surface area contributed by atoms with Gasteiger partial charge in [-0.05, 0) is 37.0 Å². The predicted molar refractivity (Wildman–Crippen MR) is 89.3 cm³/mol. The van der Waals surface area contributed by atoms with Gasteiger partial charge in [0.05, 0.1) is 6.61 Å². The van der Waals surface area contributed by atoms with Crippen molar-refractivity contribution in [1.29, 1.82) is 0 Å². The number of carbonyl (C=O) groups is 2. The maximum Gasteiger partial charge on any atom is 0.322 e. The standard InChI is InChI=1S/C18H26N2O3/c1-13(2)7-5-4-6-12-23-15-10-8-14(9-11-15)18(3)16(21)19-17(22)20-18/h8-11,13H,4-7,12H2,1-3H3,(H2,19,20,21,22). The Hall–Kier alpha value is -2.04. The number of nitrogens with one attached hydrogen (secondary N) is 2. The maximum atomic E-state index is 11.9. The Morgan fingerprint density at radius 2 is 1.78 bits per heavy atom. The highest BCUT2D eigenvalue weighted by Crippen LogP contribution is 2.26. The minimum atomic E-state index is -1.01. The molecule has 1 atom stereocenters. The second-order valence-electron chi connectivity index (χ2n) is 6.65. The maximum absolute atomic E-state index is 11.9. The third-order valence-corrected chi connectivity index (χ3v) is 4.17.